The first-order valence-corrected chi connectivity index (χ1v) is 7.64. The first kappa shape index (κ1) is 13.6. The molecular formula is C19H16N4. The molecule has 1 aliphatic heterocycles. The van der Waals surface area contributed by atoms with Crippen LogP contribution in [0.15, 0.2) is 84.5 Å². The van der Waals surface area contributed by atoms with Crippen molar-refractivity contribution in [3.63, 3.8) is 0 Å². The molecule has 3 heterocycles. The fourth-order valence-electron chi connectivity index (χ4n) is 2.87. The van der Waals surface area contributed by atoms with Gasteiger partial charge in [0, 0.05) is 36.8 Å². The second-order valence-electron chi connectivity index (χ2n) is 5.47. The van der Waals surface area contributed by atoms with E-state index in [4.69, 9.17) is 5.10 Å². The minimum atomic E-state index is 0.154. The largest absolute Gasteiger partial charge is 0.264 e. The molecule has 23 heavy (non-hydrogen) atoms. The Hall–Kier alpha value is -3.01. The van der Waals surface area contributed by atoms with Gasteiger partial charge in [0.25, 0.3) is 0 Å². The summed E-state index contributed by atoms with van der Waals surface area (Å²) in [5.41, 5.74) is 4.37. The average molecular weight is 300 g/mol. The highest BCUT2D eigenvalue weighted by Gasteiger charge is 2.29. The zero-order valence-electron chi connectivity index (χ0n) is 12.6. The Morgan fingerprint density at radius 3 is 2.30 bits per heavy atom. The Morgan fingerprint density at radius 1 is 0.826 bits per heavy atom. The topological polar surface area (TPSA) is 41.4 Å². The predicted octanol–water partition coefficient (Wildman–Crippen LogP) is 3.83. The molecule has 0 saturated carbocycles. The van der Waals surface area contributed by atoms with Crippen LogP contribution >= 0.6 is 0 Å². The summed E-state index contributed by atoms with van der Waals surface area (Å²) in [4.78, 5) is 8.48. The first-order valence-electron chi connectivity index (χ1n) is 7.64. The van der Waals surface area contributed by atoms with Gasteiger partial charge < -0.3 is 0 Å². The van der Waals surface area contributed by atoms with E-state index in [2.05, 4.69) is 39.2 Å². The van der Waals surface area contributed by atoms with Gasteiger partial charge in [0.15, 0.2) is 0 Å². The fraction of sp³-hybridized carbons (Fsp3) is 0.105. The van der Waals surface area contributed by atoms with Crippen LogP contribution in [0, 0.1) is 0 Å². The van der Waals surface area contributed by atoms with E-state index in [0.29, 0.717) is 0 Å². The number of hydrazone groups is 1. The van der Waals surface area contributed by atoms with Crippen LogP contribution in [0.5, 0.6) is 0 Å². The number of pyridine rings is 2. The van der Waals surface area contributed by atoms with E-state index in [-0.39, 0.29) is 6.04 Å². The molecular weight excluding hydrogens is 284 g/mol. The third-order valence-corrected chi connectivity index (χ3v) is 4.00. The number of aromatic nitrogens is 2. The van der Waals surface area contributed by atoms with Crippen molar-refractivity contribution in [2.45, 2.75) is 12.5 Å². The highest BCUT2D eigenvalue weighted by atomic mass is 15.5. The van der Waals surface area contributed by atoms with Gasteiger partial charge >= 0.3 is 0 Å². The molecule has 1 unspecified atom stereocenters. The van der Waals surface area contributed by atoms with Gasteiger partial charge in [-0.3, -0.25) is 15.0 Å². The maximum absolute atomic E-state index is 4.87. The second-order valence-corrected chi connectivity index (χ2v) is 5.47. The molecule has 0 aliphatic carbocycles. The SMILES string of the molecule is c1ccc(N2N=C(c3cccnc3)CC2c2cccnc2)cc1. The highest BCUT2D eigenvalue weighted by molar-refractivity contribution is 6.03. The molecule has 0 saturated heterocycles. The van der Waals surface area contributed by atoms with Crippen molar-refractivity contribution < 1.29 is 0 Å². The third kappa shape index (κ3) is 2.71. The lowest BCUT2D eigenvalue weighted by Gasteiger charge is -2.23. The minimum absolute atomic E-state index is 0.154. The molecule has 4 rings (SSSR count). The van der Waals surface area contributed by atoms with Gasteiger partial charge in [0.2, 0.25) is 0 Å². The molecule has 0 radical (unpaired) electrons. The monoisotopic (exact) mass is 300 g/mol. The van der Waals surface area contributed by atoms with E-state index in [9.17, 15) is 0 Å². The number of nitrogens with zero attached hydrogens (tertiary/aromatic N) is 4. The van der Waals surface area contributed by atoms with Crippen molar-refractivity contribution in [1.82, 2.24) is 9.97 Å². The predicted molar refractivity (Wildman–Crippen MR) is 91.3 cm³/mol. The van der Waals surface area contributed by atoms with Gasteiger partial charge in [0.05, 0.1) is 17.4 Å². The maximum Gasteiger partial charge on any atom is 0.0846 e. The summed E-state index contributed by atoms with van der Waals surface area (Å²) in [7, 11) is 0. The standard InChI is InChI=1S/C19H16N4/c1-2-8-17(9-3-1)23-19(16-7-5-11-21-14-16)12-18(22-23)15-6-4-10-20-13-15/h1-11,13-14,19H,12H2. The van der Waals surface area contributed by atoms with Crippen molar-refractivity contribution >= 4 is 11.4 Å². The Morgan fingerprint density at radius 2 is 1.61 bits per heavy atom. The van der Waals surface area contributed by atoms with Gasteiger partial charge in [0.1, 0.15) is 0 Å². The van der Waals surface area contributed by atoms with Crippen molar-refractivity contribution in [2.24, 2.45) is 5.10 Å². The number of rotatable bonds is 3. The number of benzene rings is 1. The number of hydrogen-bond acceptors (Lipinski definition) is 4. The zero-order valence-corrected chi connectivity index (χ0v) is 12.6. The summed E-state index contributed by atoms with van der Waals surface area (Å²) in [6, 6.07) is 18.5. The summed E-state index contributed by atoms with van der Waals surface area (Å²) in [6.45, 7) is 0. The van der Waals surface area contributed by atoms with Gasteiger partial charge in [-0.05, 0) is 29.8 Å². The van der Waals surface area contributed by atoms with Crippen molar-refractivity contribution in [3.8, 4) is 0 Å². The number of hydrogen-bond donors (Lipinski definition) is 0. The second kappa shape index (κ2) is 6.01. The molecule has 1 aliphatic rings. The quantitative estimate of drug-likeness (QED) is 0.738. The van der Waals surface area contributed by atoms with Crippen LogP contribution in [-0.4, -0.2) is 15.7 Å². The highest BCUT2D eigenvalue weighted by Crippen LogP contribution is 2.35. The van der Waals surface area contributed by atoms with Crippen molar-refractivity contribution in [2.75, 3.05) is 5.01 Å². The molecule has 0 N–H and O–H groups in total. The molecule has 0 spiro atoms. The Kier molecular flexibility index (Phi) is 3.56. The van der Waals surface area contributed by atoms with Crippen LogP contribution in [0.1, 0.15) is 23.6 Å². The van der Waals surface area contributed by atoms with Crippen LogP contribution in [-0.2, 0) is 0 Å². The zero-order chi connectivity index (χ0) is 15.5. The van der Waals surface area contributed by atoms with E-state index in [1.54, 1.807) is 12.4 Å². The smallest absolute Gasteiger partial charge is 0.0846 e. The lowest BCUT2D eigenvalue weighted by molar-refractivity contribution is 0.705. The van der Waals surface area contributed by atoms with Gasteiger partial charge in [-0.1, -0.05) is 30.3 Å². The average Bonchev–Trinajstić information content (AvgIpc) is 3.09. The van der Waals surface area contributed by atoms with Crippen LogP contribution in [0.2, 0.25) is 0 Å². The number of para-hydroxylation sites is 1. The molecule has 3 aromatic rings. The maximum atomic E-state index is 4.87. The summed E-state index contributed by atoms with van der Waals surface area (Å²) in [6.07, 6.45) is 8.21. The first-order chi connectivity index (χ1) is 11.4. The molecule has 112 valence electrons. The van der Waals surface area contributed by atoms with Gasteiger partial charge in [-0.15, -0.1) is 0 Å². The Balaban J connectivity index is 1.75. The van der Waals surface area contributed by atoms with Crippen LogP contribution in [0.3, 0.4) is 0 Å². The lowest BCUT2D eigenvalue weighted by atomic mass is 10.0. The molecule has 1 atom stereocenters. The third-order valence-electron chi connectivity index (χ3n) is 4.00. The molecule has 0 fully saturated rings. The molecule has 2 aromatic heterocycles. The summed E-state index contributed by atoms with van der Waals surface area (Å²) in [5.74, 6) is 0. The van der Waals surface area contributed by atoms with E-state index in [0.717, 1.165) is 23.4 Å². The molecule has 4 heteroatoms. The normalized spacial score (nSPS) is 17.1. The Bertz CT molecular complexity index is 801. The lowest BCUT2D eigenvalue weighted by Crippen LogP contribution is -2.18. The van der Waals surface area contributed by atoms with Crippen LogP contribution in [0.4, 0.5) is 5.69 Å². The number of anilines is 1. The fourth-order valence-corrected chi connectivity index (χ4v) is 2.87. The molecule has 0 amide bonds. The van der Waals surface area contributed by atoms with Gasteiger partial charge in [-0.2, -0.15) is 5.10 Å². The van der Waals surface area contributed by atoms with Gasteiger partial charge in [-0.25, -0.2) is 0 Å². The molecule has 1 aromatic carbocycles. The van der Waals surface area contributed by atoms with Crippen molar-refractivity contribution in [3.05, 3.63) is 90.5 Å². The summed E-state index contributed by atoms with van der Waals surface area (Å²) in [5, 5.41) is 6.95. The summed E-state index contributed by atoms with van der Waals surface area (Å²) < 4.78 is 0. The van der Waals surface area contributed by atoms with E-state index >= 15 is 0 Å². The van der Waals surface area contributed by atoms with Crippen molar-refractivity contribution in [1.29, 1.82) is 0 Å². The Labute approximate surface area is 135 Å². The molecule has 0 bridgehead atoms. The van der Waals surface area contributed by atoms with Crippen LogP contribution < -0.4 is 5.01 Å². The van der Waals surface area contributed by atoms with Crippen LogP contribution in [0.25, 0.3) is 0 Å². The van der Waals surface area contributed by atoms with E-state index < -0.39 is 0 Å². The summed E-state index contributed by atoms with van der Waals surface area (Å²) >= 11 is 0. The van der Waals surface area contributed by atoms with E-state index in [1.165, 1.54) is 5.56 Å². The minimum Gasteiger partial charge on any atom is -0.264 e. The van der Waals surface area contributed by atoms with E-state index in [1.807, 2.05) is 42.7 Å². The molecule has 4 nitrogen and oxygen atoms in total.